The van der Waals surface area contributed by atoms with Crippen LogP contribution in [0.4, 0.5) is 5.69 Å². The van der Waals surface area contributed by atoms with E-state index < -0.39 is 0 Å². The summed E-state index contributed by atoms with van der Waals surface area (Å²) < 4.78 is 9.90. The molecule has 3 rings (SSSR count). The molecule has 1 aromatic carbocycles. The Kier molecular flexibility index (Phi) is 4.07. The summed E-state index contributed by atoms with van der Waals surface area (Å²) in [6.45, 7) is 0. The maximum absolute atomic E-state index is 11.7. The molecule has 1 aromatic rings. The van der Waals surface area contributed by atoms with Crippen LogP contribution in [-0.2, 0) is 9.53 Å². The Bertz CT molecular complexity index is 782. The van der Waals surface area contributed by atoms with Crippen LogP contribution in [-0.4, -0.2) is 43.2 Å². The van der Waals surface area contributed by atoms with Crippen LogP contribution < -0.4 is 4.74 Å². The van der Waals surface area contributed by atoms with Gasteiger partial charge in [-0.3, -0.25) is 0 Å². The van der Waals surface area contributed by atoms with Crippen molar-refractivity contribution < 1.29 is 14.3 Å². The number of esters is 1. The molecule has 124 valence electrons. The molecule has 1 unspecified atom stereocenters. The molecule has 0 aromatic heterocycles. The fourth-order valence-electron chi connectivity index (χ4n) is 2.81. The molecular weight excluding hydrogens is 310 g/mol. The molecule has 7 heteroatoms. The highest BCUT2D eigenvalue weighted by Gasteiger charge is 2.31. The van der Waals surface area contributed by atoms with Gasteiger partial charge in [-0.25, -0.2) is 4.79 Å². The lowest BCUT2D eigenvalue weighted by Crippen LogP contribution is -2.35. The molecule has 1 atom stereocenters. The summed E-state index contributed by atoms with van der Waals surface area (Å²) in [6.07, 6.45) is 7.05. The third-order valence-corrected chi connectivity index (χ3v) is 4.11. The first-order valence-electron chi connectivity index (χ1n) is 7.31. The first kappa shape index (κ1) is 15.8. The lowest BCUT2D eigenvalue weighted by molar-refractivity contribution is -0.135. The molecule has 0 spiro atoms. The summed E-state index contributed by atoms with van der Waals surface area (Å²) in [5.74, 6) is 0.188. The van der Waals surface area contributed by atoms with Crippen LogP contribution in [0.3, 0.4) is 0 Å². The topological polar surface area (TPSA) is 71.4 Å². The number of likely N-dealkylation sites (N-methyl/N-ethyl adjacent to an activating group) is 1. The van der Waals surface area contributed by atoms with Crippen molar-refractivity contribution in [1.29, 1.82) is 0 Å². The van der Waals surface area contributed by atoms with Crippen LogP contribution in [0.1, 0.15) is 5.56 Å². The van der Waals surface area contributed by atoms with Gasteiger partial charge in [-0.15, -0.1) is 4.91 Å². The number of benzene rings is 1. The number of fused-ring (bicyclic) bond motifs is 1. The van der Waals surface area contributed by atoms with E-state index in [4.69, 9.17) is 9.47 Å². The second kappa shape index (κ2) is 6.19. The van der Waals surface area contributed by atoms with E-state index in [1.54, 1.807) is 30.5 Å². The summed E-state index contributed by atoms with van der Waals surface area (Å²) in [5.41, 5.74) is 2.31. The lowest BCUT2D eigenvalue weighted by Gasteiger charge is -2.29. The molecule has 0 fully saturated rings. The summed E-state index contributed by atoms with van der Waals surface area (Å²) >= 11 is 0. The first-order chi connectivity index (χ1) is 11.6. The van der Waals surface area contributed by atoms with Gasteiger partial charge in [0, 0.05) is 31.1 Å². The van der Waals surface area contributed by atoms with E-state index in [0.717, 1.165) is 5.70 Å². The Balaban J connectivity index is 1.96. The van der Waals surface area contributed by atoms with Crippen LogP contribution in [0.5, 0.6) is 5.75 Å². The largest absolute Gasteiger partial charge is 0.497 e. The Morgan fingerprint density at radius 3 is 2.75 bits per heavy atom. The second-order valence-corrected chi connectivity index (χ2v) is 5.39. The molecule has 2 aliphatic heterocycles. The fraction of sp³-hybridized carbons (Fsp3) is 0.235. The predicted octanol–water partition coefficient (Wildman–Crippen LogP) is 2.59. The Labute approximate surface area is 139 Å². The summed E-state index contributed by atoms with van der Waals surface area (Å²) in [6, 6.07) is 5.17. The number of nitroso groups, excluding NO2 is 1. The SMILES string of the molecule is COC(=O)C1=CC2N(C=C1)C=C(c1ccc(OC)cc1N=O)N2C. The molecule has 0 saturated heterocycles. The number of carbonyl (C=O) groups is 1. The van der Waals surface area contributed by atoms with Crippen LogP contribution in [0.15, 0.2) is 53.5 Å². The van der Waals surface area contributed by atoms with Gasteiger partial charge in [-0.05, 0) is 29.5 Å². The highest BCUT2D eigenvalue weighted by atomic mass is 16.5. The van der Waals surface area contributed by atoms with E-state index in [1.165, 1.54) is 14.2 Å². The average molecular weight is 327 g/mol. The third-order valence-electron chi connectivity index (χ3n) is 4.11. The molecule has 2 aliphatic rings. The van der Waals surface area contributed by atoms with Gasteiger partial charge < -0.3 is 19.3 Å². The number of hydrogen-bond donors (Lipinski definition) is 0. The van der Waals surface area contributed by atoms with Crippen molar-refractivity contribution in [2.24, 2.45) is 5.18 Å². The molecule has 0 N–H and O–H groups in total. The maximum Gasteiger partial charge on any atom is 0.337 e. The van der Waals surface area contributed by atoms with Crippen molar-refractivity contribution in [2.45, 2.75) is 6.17 Å². The minimum absolute atomic E-state index is 0.166. The highest BCUT2D eigenvalue weighted by molar-refractivity contribution is 5.92. The third kappa shape index (κ3) is 2.54. The second-order valence-electron chi connectivity index (χ2n) is 5.39. The fourth-order valence-corrected chi connectivity index (χ4v) is 2.81. The number of hydrogen-bond acceptors (Lipinski definition) is 7. The monoisotopic (exact) mass is 327 g/mol. The molecule has 0 aliphatic carbocycles. The molecule has 24 heavy (non-hydrogen) atoms. The Morgan fingerprint density at radius 1 is 1.29 bits per heavy atom. The normalized spacial score (nSPS) is 18.7. The standard InChI is InChI=1S/C17H17N3O4/c1-19-15(13-5-4-12(23-2)9-14(13)18-22)10-20-7-6-11(8-16(19)20)17(21)24-3/h4-10,16H,1-3H3. The van der Waals surface area contributed by atoms with Crippen molar-refractivity contribution in [3.05, 3.63) is 58.8 Å². The van der Waals surface area contributed by atoms with Crippen molar-refractivity contribution in [1.82, 2.24) is 9.80 Å². The van der Waals surface area contributed by atoms with Crippen molar-refractivity contribution in [3.8, 4) is 5.75 Å². The molecule has 7 nitrogen and oxygen atoms in total. The van der Waals surface area contributed by atoms with Crippen LogP contribution >= 0.6 is 0 Å². The van der Waals surface area contributed by atoms with Crippen molar-refractivity contribution in [3.63, 3.8) is 0 Å². The van der Waals surface area contributed by atoms with Gasteiger partial charge >= 0.3 is 5.97 Å². The molecule has 0 saturated carbocycles. The quantitative estimate of drug-likeness (QED) is 0.625. The maximum atomic E-state index is 11.7. The number of nitrogens with zero attached hydrogens (tertiary/aromatic N) is 3. The van der Waals surface area contributed by atoms with Gasteiger partial charge in [0.15, 0.2) is 0 Å². The molecule has 0 radical (unpaired) electrons. The van der Waals surface area contributed by atoms with E-state index in [2.05, 4.69) is 5.18 Å². The number of carbonyl (C=O) groups excluding carboxylic acids is 1. The van der Waals surface area contributed by atoms with Gasteiger partial charge in [0.25, 0.3) is 0 Å². The van der Waals surface area contributed by atoms with Crippen molar-refractivity contribution >= 4 is 17.4 Å². The van der Waals surface area contributed by atoms with E-state index >= 15 is 0 Å². The highest BCUT2D eigenvalue weighted by Crippen LogP contribution is 2.38. The lowest BCUT2D eigenvalue weighted by atomic mass is 10.1. The van der Waals surface area contributed by atoms with Gasteiger partial charge in [-0.2, -0.15) is 0 Å². The number of rotatable bonds is 4. The first-order valence-corrected chi connectivity index (χ1v) is 7.31. The van der Waals surface area contributed by atoms with Crippen LogP contribution in [0.2, 0.25) is 0 Å². The molecule has 0 bridgehead atoms. The van der Waals surface area contributed by atoms with Crippen LogP contribution in [0, 0.1) is 4.91 Å². The summed E-state index contributed by atoms with van der Waals surface area (Å²) in [7, 11) is 4.78. The minimum atomic E-state index is -0.382. The van der Waals surface area contributed by atoms with E-state index in [1.807, 2.05) is 29.1 Å². The average Bonchev–Trinajstić information content (AvgIpc) is 2.96. The number of ether oxygens (including phenoxy) is 2. The summed E-state index contributed by atoms with van der Waals surface area (Å²) in [4.78, 5) is 26.8. The molecule has 0 amide bonds. The summed E-state index contributed by atoms with van der Waals surface area (Å²) in [5, 5.41) is 3.11. The van der Waals surface area contributed by atoms with Gasteiger partial charge in [0.2, 0.25) is 0 Å². The van der Waals surface area contributed by atoms with Crippen LogP contribution in [0.25, 0.3) is 5.70 Å². The zero-order valence-corrected chi connectivity index (χ0v) is 13.6. The van der Waals surface area contributed by atoms with E-state index in [9.17, 15) is 9.70 Å². The molecular formula is C17H17N3O4. The molecule has 2 heterocycles. The predicted molar refractivity (Wildman–Crippen MR) is 89.1 cm³/mol. The van der Waals surface area contributed by atoms with Gasteiger partial charge in [0.05, 0.1) is 25.5 Å². The Morgan fingerprint density at radius 2 is 2.08 bits per heavy atom. The van der Waals surface area contributed by atoms with Crippen molar-refractivity contribution in [2.75, 3.05) is 21.3 Å². The van der Waals surface area contributed by atoms with Gasteiger partial charge in [0.1, 0.15) is 17.6 Å². The Hall–Kier alpha value is -3.09. The van der Waals surface area contributed by atoms with Gasteiger partial charge in [-0.1, -0.05) is 0 Å². The van der Waals surface area contributed by atoms with E-state index in [0.29, 0.717) is 22.6 Å². The smallest absolute Gasteiger partial charge is 0.337 e. The number of methoxy groups -OCH3 is 2. The minimum Gasteiger partial charge on any atom is -0.497 e. The zero-order chi connectivity index (χ0) is 17.3. The van der Waals surface area contributed by atoms with E-state index in [-0.39, 0.29) is 12.1 Å². The zero-order valence-electron chi connectivity index (χ0n) is 13.6.